The fourth-order valence-electron chi connectivity index (χ4n) is 3.87. The summed E-state index contributed by atoms with van der Waals surface area (Å²) in [5.41, 5.74) is 12.8. The zero-order chi connectivity index (χ0) is 27.4. The number of nitrogens with two attached hydrogens (primary N) is 1. The summed E-state index contributed by atoms with van der Waals surface area (Å²) in [6.45, 7) is 8.15. The Balaban J connectivity index is 0.000000367. The first-order valence-electron chi connectivity index (χ1n) is 11.6. The summed E-state index contributed by atoms with van der Waals surface area (Å²) >= 11 is 2.02. The summed E-state index contributed by atoms with van der Waals surface area (Å²) in [7, 11) is 0.696. The van der Waals surface area contributed by atoms with Gasteiger partial charge in [0, 0.05) is 10.9 Å². The molecule has 2 atom stereocenters. The predicted octanol–water partition coefficient (Wildman–Crippen LogP) is 7.60. The van der Waals surface area contributed by atoms with Crippen LogP contribution in [0, 0.1) is 33.8 Å². The van der Waals surface area contributed by atoms with E-state index in [2.05, 4.69) is 53.4 Å². The van der Waals surface area contributed by atoms with Crippen LogP contribution in [0.3, 0.4) is 0 Å². The van der Waals surface area contributed by atoms with Crippen LogP contribution in [0.2, 0.25) is 0 Å². The average Bonchev–Trinajstić information content (AvgIpc) is 2.89. The van der Waals surface area contributed by atoms with E-state index < -0.39 is 22.1 Å². The monoisotopic (exact) mass is 622 g/mol. The summed E-state index contributed by atoms with van der Waals surface area (Å²) in [4.78, 5) is 0.171. The van der Waals surface area contributed by atoms with Gasteiger partial charge in [-0.2, -0.15) is 34.9 Å². The quantitative estimate of drug-likeness (QED) is 0.178. The van der Waals surface area contributed by atoms with Crippen LogP contribution in [-0.4, -0.2) is 8.42 Å². The second-order valence-electron chi connectivity index (χ2n) is 8.71. The molecule has 4 rings (SSSR count). The Kier molecular flexibility index (Phi) is 12.7. The van der Waals surface area contributed by atoms with Crippen molar-refractivity contribution in [1.82, 2.24) is 0 Å². The van der Waals surface area contributed by atoms with Gasteiger partial charge in [-0.1, -0.05) is 111 Å². The summed E-state index contributed by atoms with van der Waals surface area (Å²) in [5, 5.41) is 0. The van der Waals surface area contributed by atoms with Crippen molar-refractivity contribution >= 4 is 19.7 Å². The zero-order valence-electron chi connectivity index (χ0n) is 21.4. The van der Waals surface area contributed by atoms with E-state index in [-0.39, 0.29) is 4.90 Å². The van der Waals surface area contributed by atoms with Gasteiger partial charge in [-0.05, 0) is 24.6 Å². The molecule has 0 aliphatic heterocycles. The second-order valence-corrected chi connectivity index (χ2v) is 10.3. The van der Waals surface area contributed by atoms with Crippen molar-refractivity contribution in [2.45, 2.75) is 44.7 Å². The number of hydrogen-bond donors (Lipinski definition) is 1. The number of hydrogen-bond acceptors (Lipinski definition) is 3. The van der Waals surface area contributed by atoms with E-state index in [1.807, 2.05) is 84.9 Å². The Labute approximate surface area is 236 Å². The molecule has 0 spiro atoms. The topological polar surface area (TPSA) is 74.3 Å². The Morgan fingerprint density at radius 3 is 1.65 bits per heavy atom. The van der Waals surface area contributed by atoms with Gasteiger partial charge in [0.15, 0.2) is 0 Å². The van der Waals surface area contributed by atoms with Crippen LogP contribution in [0.25, 0.3) is 4.72 Å². The molecule has 0 heterocycles. The number of rotatable bonds is 6. The molecular weight excluding hydrogens is 591 g/mol. The number of aryl methyl sites for hydroxylation is 4. The third-order valence-corrected chi connectivity index (χ3v) is 6.89. The Morgan fingerprint density at radius 1 is 0.730 bits per heavy atom. The molecule has 2 N–H and O–H groups in total. The zero-order valence-corrected chi connectivity index (χ0v) is 24.6. The molecule has 0 amide bonds. The molecule has 0 unspecified atom stereocenters. The molecule has 196 valence electrons. The summed E-state index contributed by atoms with van der Waals surface area (Å²) in [5.74, 6) is 0. The Bertz CT molecular complexity index is 1280. The maximum atomic E-state index is 12.8. The average molecular weight is 623 g/mol. The Hall–Kier alpha value is -2.34. The van der Waals surface area contributed by atoms with E-state index in [9.17, 15) is 8.42 Å². The van der Waals surface area contributed by atoms with E-state index in [1.165, 1.54) is 16.7 Å². The molecule has 4 aromatic carbocycles. The molecule has 0 radical (unpaired) electrons. The van der Waals surface area contributed by atoms with Crippen molar-refractivity contribution in [2.24, 2.45) is 5.73 Å². The normalized spacial score (nSPS) is 12.3. The SMILES string of the molecule is Cc1[c-]c(C)cc(C)c1.Cc1ccc(S(=O)(=O)[N-][C@H](c2ccccc2)[C@H](N)c2ccccc2)cc1.[Cl][Rh+2]. The summed E-state index contributed by atoms with van der Waals surface area (Å²) in [6.07, 6.45) is 0. The molecule has 7 heteroatoms. The third-order valence-electron chi connectivity index (χ3n) is 5.52. The van der Waals surface area contributed by atoms with Crippen LogP contribution >= 0.6 is 9.69 Å². The molecule has 0 fully saturated rings. The van der Waals surface area contributed by atoms with E-state index in [4.69, 9.17) is 5.73 Å². The first-order chi connectivity index (χ1) is 17.7. The van der Waals surface area contributed by atoms with Crippen molar-refractivity contribution in [2.75, 3.05) is 0 Å². The molecule has 0 saturated heterocycles. The van der Waals surface area contributed by atoms with Gasteiger partial charge in [-0.15, -0.1) is 0 Å². The standard InChI is InChI=1S/C21H21N2O2S.C9H11.ClH.Rh/c1-16-12-14-19(15-13-16)26(24,25)23-21(18-10-6-3-7-11-18)20(22)17-8-4-2-5-9-17;1-7-4-8(2)6-9(3)5-7;;/h2-15,20-21H,22H2,1H3;4-5H,1-3H3;1H;/q2*-1;;+3/p-1/t20-,21-;;;/m1.../s1. The first-order valence-corrected chi connectivity index (χ1v) is 15.2. The molecule has 4 aromatic rings. The molecule has 4 nitrogen and oxygen atoms in total. The van der Waals surface area contributed by atoms with Gasteiger partial charge in [0.1, 0.15) is 10.0 Å². The summed E-state index contributed by atoms with van der Waals surface area (Å²) in [6, 6.07) is 31.6. The van der Waals surface area contributed by atoms with Gasteiger partial charge in [0.2, 0.25) is 0 Å². The van der Waals surface area contributed by atoms with Crippen molar-refractivity contribution in [3.05, 3.63) is 141 Å². The Morgan fingerprint density at radius 2 is 1.19 bits per heavy atom. The van der Waals surface area contributed by atoms with E-state index >= 15 is 0 Å². The minimum absolute atomic E-state index is 0.171. The van der Waals surface area contributed by atoms with Crippen LogP contribution in [0.4, 0.5) is 0 Å². The van der Waals surface area contributed by atoms with Gasteiger partial charge in [0.05, 0.1) is 0 Å². The third kappa shape index (κ3) is 9.81. The van der Waals surface area contributed by atoms with Gasteiger partial charge in [0.25, 0.3) is 0 Å². The number of halogens is 1. The van der Waals surface area contributed by atoms with Crippen LogP contribution in [0.5, 0.6) is 0 Å². The van der Waals surface area contributed by atoms with Crippen molar-refractivity contribution in [3.8, 4) is 0 Å². The van der Waals surface area contributed by atoms with Crippen molar-refractivity contribution in [3.63, 3.8) is 0 Å². The molecule has 0 bridgehead atoms. The first kappa shape index (κ1) is 30.9. The van der Waals surface area contributed by atoms with Gasteiger partial charge in [-0.25, -0.2) is 8.42 Å². The number of sulfonamides is 1. The second kappa shape index (κ2) is 15.2. The van der Waals surface area contributed by atoms with Crippen LogP contribution in [-0.2, 0) is 27.3 Å². The van der Waals surface area contributed by atoms with Crippen LogP contribution in [0.1, 0.15) is 45.5 Å². The molecular formula is C30H32ClN2O2RhS. The fourth-order valence-corrected chi connectivity index (χ4v) is 5.02. The number of nitrogens with zero attached hydrogens (tertiary/aromatic N) is 1. The predicted molar refractivity (Wildman–Crippen MR) is 150 cm³/mol. The molecule has 37 heavy (non-hydrogen) atoms. The van der Waals surface area contributed by atoms with E-state index in [0.717, 1.165) is 16.7 Å². The van der Waals surface area contributed by atoms with Gasteiger partial charge < -0.3 is 10.5 Å². The van der Waals surface area contributed by atoms with E-state index in [0.29, 0.717) is 0 Å². The van der Waals surface area contributed by atoms with Gasteiger partial charge in [-0.3, -0.25) is 0 Å². The van der Waals surface area contributed by atoms with Crippen LogP contribution in [0.15, 0.2) is 102 Å². The molecule has 0 aromatic heterocycles. The molecule has 0 aliphatic carbocycles. The minimum atomic E-state index is -3.83. The number of benzene rings is 4. The molecule has 0 saturated carbocycles. The van der Waals surface area contributed by atoms with Gasteiger partial charge >= 0.3 is 27.0 Å². The van der Waals surface area contributed by atoms with Crippen molar-refractivity contribution < 1.29 is 25.7 Å². The van der Waals surface area contributed by atoms with Crippen molar-refractivity contribution in [1.29, 1.82) is 0 Å². The fraction of sp³-hybridized carbons (Fsp3) is 0.200. The molecule has 0 aliphatic rings. The maximum absolute atomic E-state index is 12.8. The summed E-state index contributed by atoms with van der Waals surface area (Å²) < 4.78 is 29.9. The van der Waals surface area contributed by atoms with E-state index in [1.54, 1.807) is 24.3 Å². The van der Waals surface area contributed by atoms with Crippen LogP contribution < -0.4 is 5.73 Å².